The Morgan fingerprint density at radius 2 is 1.56 bits per heavy atom. The van der Waals surface area contributed by atoms with Gasteiger partial charge in [-0.15, -0.1) is 0 Å². The van der Waals surface area contributed by atoms with Gasteiger partial charge in [0.05, 0.1) is 17.2 Å². The first-order chi connectivity index (χ1) is 18.3. The summed E-state index contributed by atoms with van der Waals surface area (Å²) >= 11 is 0. The van der Waals surface area contributed by atoms with Gasteiger partial charge in [-0.3, -0.25) is 0 Å². The van der Waals surface area contributed by atoms with Crippen molar-refractivity contribution in [1.82, 2.24) is 15.1 Å². The smallest absolute Gasteiger partial charge is 0.338 e. The van der Waals surface area contributed by atoms with Crippen LogP contribution in [-0.2, 0) is 18.8 Å². The topological polar surface area (TPSA) is 35.6 Å². The average Bonchev–Trinajstić information content (AvgIpc) is 2.88. The Kier molecular flexibility index (Phi) is 8.78. The van der Waals surface area contributed by atoms with Crippen molar-refractivity contribution in [2.24, 2.45) is 0 Å². The van der Waals surface area contributed by atoms with E-state index in [-0.39, 0.29) is 42.5 Å². The number of piperidine rings is 2. The summed E-state index contributed by atoms with van der Waals surface area (Å²) in [7, 11) is 0. The number of amides is 2. The van der Waals surface area contributed by atoms with Crippen LogP contribution in [0.5, 0.6) is 0 Å². The van der Waals surface area contributed by atoms with Crippen LogP contribution in [0.4, 0.5) is 35.5 Å². The largest absolute Gasteiger partial charge is 0.416 e. The number of carbonyl (C=O) groups excluding carboxylic acids is 1. The summed E-state index contributed by atoms with van der Waals surface area (Å²) in [6.07, 6.45) is -5.25. The molecule has 214 valence electrons. The third-order valence-electron chi connectivity index (χ3n) is 7.67. The molecule has 0 aromatic heterocycles. The van der Waals surface area contributed by atoms with Crippen LogP contribution >= 0.6 is 0 Å². The Morgan fingerprint density at radius 3 is 2.15 bits per heavy atom. The quantitative estimate of drug-likeness (QED) is 0.396. The fourth-order valence-electron chi connectivity index (χ4n) is 5.69. The second kappa shape index (κ2) is 11.7. The van der Waals surface area contributed by atoms with Crippen LogP contribution in [0.1, 0.15) is 66.0 Å². The fraction of sp³-hybridized carbons (Fsp3) is 0.536. The molecule has 0 unspecified atom stereocenters. The number of benzene rings is 2. The van der Waals surface area contributed by atoms with E-state index in [1.165, 1.54) is 18.6 Å². The maximum absolute atomic E-state index is 13.8. The van der Waals surface area contributed by atoms with Gasteiger partial charge in [-0.25, -0.2) is 9.18 Å². The standard InChI is InChI=1S/C28H32F7N3O/c1-18-13-22(29)5-6-24(18)25-17-23(37-10-3-2-4-11-37)8-12-38(25)26(39)36-9-7-19-14-20(27(30,31)32)16-21(15-19)28(33,34)35/h5-6,13-16,23,25H,2-4,7-12,17H2,1H3,(H,36,39)/t23-,25+/m0/s1. The maximum Gasteiger partial charge on any atom is 0.416 e. The van der Waals surface area contributed by atoms with E-state index >= 15 is 0 Å². The number of aryl methyl sites for hydroxylation is 1. The van der Waals surface area contributed by atoms with E-state index < -0.39 is 29.5 Å². The zero-order valence-corrected chi connectivity index (χ0v) is 21.6. The minimum atomic E-state index is -4.93. The van der Waals surface area contributed by atoms with Crippen LogP contribution in [0, 0.1) is 12.7 Å². The number of hydrogen-bond donors (Lipinski definition) is 1. The van der Waals surface area contributed by atoms with E-state index in [0.717, 1.165) is 37.9 Å². The SMILES string of the molecule is Cc1cc(F)ccc1[C@H]1C[C@@H](N2CCCCC2)CCN1C(=O)NCCc1cc(C(F)(F)F)cc(C(F)(F)F)c1. The first kappa shape index (κ1) is 29.2. The molecule has 0 spiro atoms. The molecule has 11 heteroatoms. The maximum atomic E-state index is 13.8. The van der Waals surface area contributed by atoms with Gasteiger partial charge in [0.1, 0.15) is 5.82 Å². The highest BCUT2D eigenvalue weighted by atomic mass is 19.4. The molecule has 0 saturated carbocycles. The minimum absolute atomic E-state index is 0.0875. The number of halogens is 7. The van der Waals surface area contributed by atoms with Crippen molar-refractivity contribution in [2.45, 2.75) is 69.9 Å². The van der Waals surface area contributed by atoms with Crippen molar-refractivity contribution in [3.05, 3.63) is 70.0 Å². The van der Waals surface area contributed by atoms with Gasteiger partial charge >= 0.3 is 18.4 Å². The Bertz CT molecular complexity index is 1130. The normalized spacial score (nSPS) is 21.2. The third kappa shape index (κ3) is 7.23. The highest BCUT2D eigenvalue weighted by molar-refractivity contribution is 5.75. The number of nitrogens with zero attached hydrogens (tertiary/aromatic N) is 2. The van der Waals surface area contributed by atoms with Crippen molar-refractivity contribution in [3.63, 3.8) is 0 Å². The molecular weight excluding hydrogens is 527 g/mol. The number of nitrogens with one attached hydrogen (secondary N) is 1. The lowest BCUT2D eigenvalue weighted by atomic mass is 9.88. The molecule has 2 saturated heterocycles. The molecule has 1 N–H and O–H groups in total. The second-order valence-electron chi connectivity index (χ2n) is 10.4. The van der Waals surface area contributed by atoms with Crippen LogP contribution < -0.4 is 5.32 Å². The molecule has 4 rings (SSSR count). The van der Waals surface area contributed by atoms with Crippen LogP contribution in [0.3, 0.4) is 0 Å². The summed E-state index contributed by atoms with van der Waals surface area (Å²) in [6, 6.07) is 5.36. The third-order valence-corrected chi connectivity index (χ3v) is 7.67. The molecule has 2 aromatic rings. The molecule has 2 atom stereocenters. The van der Waals surface area contributed by atoms with Crippen molar-refractivity contribution in [3.8, 4) is 0 Å². The molecule has 0 radical (unpaired) electrons. The highest BCUT2D eigenvalue weighted by Gasteiger charge is 2.38. The lowest BCUT2D eigenvalue weighted by molar-refractivity contribution is -0.143. The molecule has 0 bridgehead atoms. The van der Waals surface area contributed by atoms with Gasteiger partial charge in [-0.2, -0.15) is 26.3 Å². The number of carbonyl (C=O) groups is 1. The van der Waals surface area contributed by atoms with Crippen molar-refractivity contribution in [2.75, 3.05) is 26.2 Å². The van der Waals surface area contributed by atoms with Gasteiger partial charge in [-0.1, -0.05) is 12.5 Å². The van der Waals surface area contributed by atoms with Gasteiger partial charge in [0.15, 0.2) is 0 Å². The molecule has 4 nitrogen and oxygen atoms in total. The lowest BCUT2D eigenvalue weighted by Crippen LogP contribution is -2.52. The number of rotatable bonds is 5. The van der Waals surface area contributed by atoms with Crippen LogP contribution in [-0.4, -0.2) is 48.1 Å². The Balaban J connectivity index is 1.48. The number of hydrogen-bond acceptors (Lipinski definition) is 2. The van der Waals surface area contributed by atoms with Crippen LogP contribution in [0.2, 0.25) is 0 Å². The van der Waals surface area contributed by atoms with Crippen LogP contribution in [0.15, 0.2) is 36.4 Å². The first-order valence-electron chi connectivity index (χ1n) is 13.2. The van der Waals surface area contributed by atoms with Gasteiger partial charge < -0.3 is 15.1 Å². The lowest BCUT2D eigenvalue weighted by Gasteiger charge is -2.45. The molecule has 0 aliphatic carbocycles. The van der Waals surface area contributed by atoms with Crippen molar-refractivity contribution in [1.29, 1.82) is 0 Å². The van der Waals surface area contributed by atoms with Gasteiger partial charge in [0.2, 0.25) is 0 Å². The van der Waals surface area contributed by atoms with Crippen LogP contribution in [0.25, 0.3) is 0 Å². The number of urea groups is 1. The molecule has 2 fully saturated rings. The molecule has 2 heterocycles. The second-order valence-corrected chi connectivity index (χ2v) is 10.4. The summed E-state index contributed by atoms with van der Waals surface area (Å²) in [5.41, 5.74) is -1.41. The van der Waals surface area contributed by atoms with Gasteiger partial charge in [-0.05, 0) is 99.1 Å². The predicted molar refractivity (Wildman–Crippen MR) is 133 cm³/mol. The molecule has 2 aliphatic rings. The van der Waals surface area contributed by atoms with E-state index in [4.69, 9.17) is 0 Å². The summed E-state index contributed by atoms with van der Waals surface area (Å²) < 4.78 is 92.9. The monoisotopic (exact) mass is 559 g/mol. The fourth-order valence-corrected chi connectivity index (χ4v) is 5.69. The van der Waals surface area contributed by atoms with E-state index in [1.807, 2.05) is 0 Å². The zero-order valence-electron chi connectivity index (χ0n) is 21.6. The molecule has 2 amide bonds. The molecular formula is C28H32F7N3O. The predicted octanol–water partition coefficient (Wildman–Crippen LogP) is 7.12. The van der Waals surface area contributed by atoms with Crippen molar-refractivity contribution < 1.29 is 35.5 Å². The summed E-state index contributed by atoms with van der Waals surface area (Å²) in [5.74, 6) is -0.380. The Morgan fingerprint density at radius 1 is 0.923 bits per heavy atom. The zero-order chi connectivity index (χ0) is 28.4. The summed E-state index contributed by atoms with van der Waals surface area (Å²) in [5, 5.41) is 2.68. The summed E-state index contributed by atoms with van der Waals surface area (Å²) in [6.45, 7) is 4.05. The molecule has 39 heavy (non-hydrogen) atoms. The molecule has 2 aliphatic heterocycles. The number of likely N-dealkylation sites (tertiary alicyclic amines) is 2. The van der Waals surface area contributed by atoms with E-state index in [9.17, 15) is 35.5 Å². The van der Waals surface area contributed by atoms with Gasteiger partial charge in [0.25, 0.3) is 0 Å². The van der Waals surface area contributed by atoms with E-state index in [1.54, 1.807) is 17.9 Å². The highest BCUT2D eigenvalue weighted by Crippen LogP contribution is 2.37. The van der Waals surface area contributed by atoms with E-state index in [2.05, 4.69) is 10.2 Å². The molecule has 2 aromatic carbocycles. The van der Waals surface area contributed by atoms with E-state index in [0.29, 0.717) is 30.7 Å². The van der Waals surface area contributed by atoms with Crippen molar-refractivity contribution >= 4 is 6.03 Å². The number of alkyl halides is 6. The Labute approximate surface area is 223 Å². The first-order valence-corrected chi connectivity index (χ1v) is 13.2. The average molecular weight is 560 g/mol. The van der Waals surface area contributed by atoms with Gasteiger partial charge in [0, 0.05) is 19.1 Å². The minimum Gasteiger partial charge on any atom is -0.338 e. The summed E-state index contributed by atoms with van der Waals surface area (Å²) in [4.78, 5) is 17.3. The Hall–Kier alpha value is -2.82.